The van der Waals surface area contributed by atoms with Crippen molar-refractivity contribution in [3.8, 4) is 0 Å². The average molecular weight is 369 g/mol. The van der Waals surface area contributed by atoms with E-state index in [0.717, 1.165) is 42.8 Å². The first-order chi connectivity index (χ1) is 13.2. The maximum absolute atomic E-state index is 12.6. The van der Waals surface area contributed by atoms with Crippen LogP contribution in [0.5, 0.6) is 0 Å². The summed E-state index contributed by atoms with van der Waals surface area (Å²) in [5, 5.41) is 0. The number of imide groups is 1. The zero-order valence-corrected chi connectivity index (χ0v) is 15.4. The fourth-order valence-electron chi connectivity index (χ4n) is 3.76. The van der Waals surface area contributed by atoms with Crippen LogP contribution in [0.4, 0.5) is 10.6 Å². The van der Waals surface area contributed by atoms with Crippen LogP contribution in [0.1, 0.15) is 12.8 Å². The summed E-state index contributed by atoms with van der Waals surface area (Å²) in [4.78, 5) is 39.1. The van der Waals surface area contributed by atoms with Crippen LogP contribution < -0.4 is 4.90 Å². The Morgan fingerprint density at radius 2 is 1.89 bits per heavy atom. The molecule has 0 spiro atoms. The highest BCUT2D eigenvalue weighted by Gasteiger charge is 2.40. The van der Waals surface area contributed by atoms with Crippen molar-refractivity contribution < 1.29 is 14.3 Å². The molecule has 0 N–H and O–H groups in total. The highest BCUT2D eigenvalue weighted by molar-refractivity contribution is 6.02. The molecule has 0 atom stereocenters. The summed E-state index contributed by atoms with van der Waals surface area (Å²) in [6, 6.07) is 7.70. The third-order valence-corrected chi connectivity index (χ3v) is 5.27. The molecule has 3 heterocycles. The van der Waals surface area contributed by atoms with E-state index in [0.29, 0.717) is 13.2 Å². The molecule has 8 heteroatoms. The number of fused-ring (bicyclic) bond motifs is 1. The van der Waals surface area contributed by atoms with Crippen LogP contribution >= 0.6 is 0 Å². The van der Waals surface area contributed by atoms with E-state index >= 15 is 0 Å². The Morgan fingerprint density at radius 1 is 1.15 bits per heavy atom. The fourth-order valence-corrected chi connectivity index (χ4v) is 3.76. The SMILES string of the molecule is COCCN1C(=O)CN(C2CCN(c3cnc4ccccc4n3)CC2)C1=O. The third kappa shape index (κ3) is 3.44. The number of ether oxygens (including phenoxy) is 1. The van der Waals surface area contributed by atoms with Gasteiger partial charge < -0.3 is 14.5 Å². The predicted octanol–water partition coefficient (Wildman–Crippen LogP) is 1.51. The lowest BCUT2D eigenvalue weighted by atomic mass is 10.0. The summed E-state index contributed by atoms with van der Waals surface area (Å²) in [6.07, 6.45) is 3.43. The number of carbonyl (C=O) groups is 2. The number of carbonyl (C=O) groups excluding carboxylic acids is 2. The number of para-hydroxylation sites is 2. The van der Waals surface area contributed by atoms with E-state index in [4.69, 9.17) is 9.72 Å². The van der Waals surface area contributed by atoms with Gasteiger partial charge >= 0.3 is 6.03 Å². The van der Waals surface area contributed by atoms with E-state index in [1.807, 2.05) is 24.3 Å². The molecular formula is C19H23N5O3. The van der Waals surface area contributed by atoms with Gasteiger partial charge in [0, 0.05) is 26.2 Å². The lowest BCUT2D eigenvalue weighted by molar-refractivity contribution is -0.125. The minimum Gasteiger partial charge on any atom is -0.383 e. The van der Waals surface area contributed by atoms with Crippen molar-refractivity contribution in [3.63, 3.8) is 0 Å². The van der Waals surface area contributed by atoms with Crippen LogP contribution in [0.15, 0.2) is 30.5 Å². The van der Waals surface area contributed by atoms with Gasteiger partial charge in [-0.2, -0.15) is 0 Å². The Kier molecular flexibility index (Phi) is 4.89. The van der Waals surface area contributed by atoms with E-state index in [-0.39, 0.29) is 24.5 Å². The van der Waals surface area contributed by atoms with Gasteiger partial charge in [-0.25, -0.2) is 9.78 Å². The lowest BCUT2D eigenvalue weighted by Crippen LogP contribution is -2.47. The number of aromatic nitrogens is 2. The van der Waals surface area contributed by atoms with E-state index in [1.54, 1.807) is 18.2 Å². The van der Waals surface area contributed by atoms with Gasteiger partial charge in [0.1, 0.15) is 12.4 Å². The van der Waals surface area contributed by atoms with Crippen LogP contribution in [0.3, 0.4) is 0 Å². The van der Waals surface area contributed by atoms with Crippen molar-refractivity contribution in [3.05, 3.63) is 30.5 Å². The average Bonchev–Trinajstić information content (AvgIpc) is 3.00. The molecule has 2 saturated heterocycles. The van der Waals surface area contributed by atoms with Gasteiger partial charge in [0.2, 0.25) is 5.91 Å². The minimum absolute atomic E-state index is 0.0821. The Morgan fingerprint density at radius 3 is 2.63 bits per heavy atom. The topological polar surface area (TPSA) is 78.9 Å². The van der Waals surface area contributed by atoms with Crippen molar-refractivity contribution in [2.24, 2.45) is 0 Å². The smallest absolute Gasteiger partial charge is 0.327 e. The zero-order valence-electron chi connectivity index (χ0n) is 15.4. The molecule has 0 saturated carbocycles. The maximum Gasteiger partial charge on any atom is 0.327 e. The second-order valence-corrected chi connectivity index (χ2v) is 6.88. The quantitative estimate of drug-likeness (QED) is 0.744. The first-order valence-electron chi connectivity index (χ1n) is 9.24. The van der Waals surface area contributed by atoms with E-state index in [9.17, 15) is 9.59 Å². The standard InChI is InChI=1S/C19H23N5O3/c1-27-11-10-23-18(25)13-24(19(23)26)14-6-8-22(9-7-14)17-12-20-15-4-2-3-5-16(15)21-17/h2-5,12,14H,6-11,13H2,1H3. The normalized spacial score (nSPS) is 18.8. The molecule has 2 aliphatic rings. The summed E-state index contributed by atoms with van der Waals surface area (Å²) < 4.78 is 4.99. The number of nitrogens with zero attached hydrogens (tertiary/aromatic N) is 5. The van der Waals surface area contributed by atoms with Crippen LogP contribution in [0.25, 0.3) is 11.0 Å². The number of amides is 3. The van der Waals surface area contributed by atoms with Crippen molar-refractivity contribution in [1.82, 2.24) is 19.8 Å². The second kappa shape index (κ2) is 7.48. The van der Waals surface area contributed by atoms with Crippen LogP contribution in [-0.2, 0) is 9.53 Å². The third-order valence-electron chi connectivity index (χ3n) is 5.27. The second-order valence-electron chi connectivity index (χ2n) is 6.88. The molecule has 3 amide bonds. The summed E-state index contributed by atoms with van der Waals surface area (Å²) in [7, 11) is 1.56. The number of rotatable bonds is 5. The number of piperidine rings is 1. The molecular weight excluding hydrogens is 346 g/mol. The highest BCUT2D eigenvalue weighted by Crippen LogP contribution is 2.25. The zero-order chi connectivity index (χ0) is 18.8. The van der Waals surface area contributed by atoms with Gasteiger partial charge in [-0.1, -0.05) is 12.1 Å². The molecule has 0 bridgehead atoms. The monoisotopic (exact) mass is 369 g/mol. The molecule has 2 aliphatic heterocycles. The number of benzene rings is 1. The number of anilines is 1. The maximum atomic E-state index is 12.6. The molecule has 1 aromatic heterocycles. The van der Waals surface area contributed by atoms with Crippen molar-refractivity contribution in [1.29, 1.82) is 0 Å². The van der Waals surface area contributed by atoms with Crippen molar-refractivity contribution in [2.75, 3.05) is 44.8 Å². The van der Waals surface area contributed by atoms with Crippen LogP contribution in [0.2, 0.25) is 0 Å². The van der Waals surface area contributed by atoms with Crippen molar-refractivity contribution in [2.45, 2.75) is 18.9 Å². The molecule has 8 nitrogen and oxygen atoms in total. The molecule has 0 unspecified atom stereocenters. The van der Waals surface area contributed by atoms with E-state index < -0.39 is 0 Å². The number of hydrogen-bond donors (Lipinski definition) is 0. The largest absolute Gasteiger partial charge is 0.383 e. The highest BCUT2D eigenvalue weighted by atomic mass is 16.5. The first kappa shape index (κ1) is 17.7. The molecule has 1 aromatic carbocycles. The summed E-state index contributed by atoms with van der Waals surface area (Å²) in [5.74, 6) is 0.720. The Balaban J connectivity index is 1.40. The molecule has 0 radical (unpaired) electrons. The first-order valence-corrected chi connectivity index (χ1v) is 9.24. The summed E-state index contributed by atoms with van der Waals surface area (Å²) in [5.41, 5.74) is 1.76. The van der Waals surface area contributed by atoms with Gasteiger partial charge in [-0.15, -0.1) is 0 Å². The number of methoxy groups -OCH3 is 1. The minimum atomic E-state index is -0.194. The Bertz CT molecular complexity index is 850. The fraction of sp³-hybridized carbons (Fsp3) is 0.474. The molecule has 4 rings (SSSR count). The number of hydrogen-bond acceptors (Lipinski definition) is 6. The van der Waals surface area contributed by atoms with Crippen LogP contribution in [0, 0.1) is 0 Å². The van der Waals surface area contributed by atoms with Gasteiger partial charge in [0.15, 0.2) is 0 Å². The molecule has 0 aliphatic carbocycles. The molecule has 27 heavy (non-hydrogen) atoms. The lowest BCUT2D eigenvalue weighted by Gasteiger charge is -2.36. The van der Waals surface area contributed by atoms with Gasteiger partial charge in [-0.05, 0) is 25.0 Å². The summed E-state index contributed by atoms with van der Waals surface area (Å²) >= 11 is 0. The van der Waals surface area contributed by atoms with Gasteiger partial charge in [0.25, 0.3) is 0 Å². The molecule has 2 fully saturated rings. The molecule has 2 aromatic rings. The van der Waals surface area contributed by atoms with Gasteiger partial charge in [0.05, 0.1) is 30.4 Å². The predicted molar refractivity (Wildman–Crippen MR) is 100 cm³/mol. The van der Waals surface area contributed by atoms with Crippen molar-refractivity contribution >= 4 is 28.8 Å². The Labute approximate surface area is 157 Å². The van der Waals surface area contributed by atoms with Gasteiger partial charge in [-0.3, -0.25) is 14.7 Å². The molecule has 142 valence electrons. The number of urea groups is 1. The van der Waals surface area contributed by atoms with Crippen LogP contribution in [-0.4, -0.2) is 77.6 Å². The Hall–Kier alpha value is -2.74. The van der Waals surface area contributed by atoms with E-state index in [1.165, 1.54) is 4.90 Å². The van der Waals surface area contributed by atoms with E-state index in [2.05, 4.69) is 9.88 Å². The summed E-state index contributed by atoms with van der Waals surface area (Å²) in [6.45, 7) is 2.42.